The van der Waals surface area contributed by atoms with E-state index < -0.39 is 11.6 Å². The van der Waals surface area contributed by atoms with E-state index in [0.717, 1.165) is 54.4 Å². The lowest BCUT2D eigenvalue weighted by Crippen LogP contribution is -1.96. The number of aryl methyl sites for hydroxylation is 4. The van der Waals surface area contributed by atoms with E-state index in [1.54, 1.807) is 18.2 Å². The van der Waals surface area contributed by atoms with Crippen LogP contribution in [0, 0.1) is 17.5 Å². The molecule has 4 rings (SSSR count). The first-order chi connectivity index (χ1) is 16.5. The van der Waals surface area contributed by atoms with Crippen LogP contribution in [0.2, 0.25) is 0 Å². The fraction of sp³-hybridized carbons (Fsp3) is 0.226. The van der Waals surface area contributed by atoms with Crippen molar-refractivity contribution < 1.29 is 13.2 Å². The monoisotopic (exact) mass is 458 g/mol. The van der Waals surface area contributed by atoms with E-state index in [0.29, 0.717) is 11.1 Å². The Hall–Kier alpha value is -3.33. The number of hydrogen-bond acceptors (Lipinski definition) is 0. The summed E-state index contributed by atoms with van der Waals surface area (Å²) in [6.45, 7) is 4.09. The quantitative estimate of drug-likeness (QED) is 0.248. The van der Waals surface area contributed by atoms with Gasteiger partial charge in [-0.2, -0.15) is 0 Å². The molecule has 174 valence electrons. The van der Waals surface area contributed by atoms with Crippen molar-refractivity contribution in [3.8, 4) is 22.3 Å². The molecule has 0 unspecified atom stereocenters. The molecule has 0 atom stereocenters. The van der Waals surface area contributed by atoms with Gasteiger partial charge in [0.1, 0.15) is 5.82 Å². The van der Waals surface area contributed by atoms with Crippen LogP contribution in [0.4, 0.5) is 13.2 Å². The summed E-state index contributed by atoms with van der Waals surface area (Å²) >= 11 is 0. The van der Waals surface area contributed by atoms with E-state index >= 15 is 0 Å². The van der Waals surface area contributed by atoms with E-state index in [1.807, 2.05) is 67.6 Å². The van der Waals surface area contributed by atoms with Gasteiger partial charge in [-0.25, -0.2) is 13.2 Å². The zero-order chi connectivity index (χ0) is 24.1. The molecule has 0 amide bonds. The topological polar surface area (TPSA) is 0 Å². The van der Waals surface area contributed by atoms with E-state index in [2.05, 4.69) is 6.92 Å². The molecule has 4 aromatic rings. The molecule has 0 radical (unpaired) electrons. The third-order valence-corrected chi connectivity index (χ3v) is 6.36. The molecule has 0 saturated carbocycles. The van der Waals surface area contributed by atoms with Crippen LogP contribution < -0.4 is 0 Å². The van der Waals surface area contributed by atoms with Crippen LogP contribution in [0.15, 0.2) is 78.9 Å². The second-order valence-corrected chi connectivity index (χ2v) is 8.71. The van der Waals surface area contributed by atoms with Gasteiger partial charge in [0.25, 0.3) is 0 Å². The summed E-state index contributed by atoms with van der Waals surface area (Å²) in [5, 5.41) is 0. The summed E-state index contributed by atoms with van der Waals surface area (Å²) in [6.07, 6.45) is 4.03. The molecule has 0 aliphatic rings. The molecule has 0 fully saturated rings. The number of rotatable bonds is 8. The van der Waals surface area contributed by atoms with E-state index in [1.165, 1.54) is 0 Å². The first-order valence-corrected chi connectivity index (χ1v) is 11.9. The molecular formula is C31H29F3. The molecule has 0 heterocycles. The number of benzene rings is 4. The van der Waals surface area contributed by atoms with Crippen molar-refractivity contribution in [1.29, 1.82) is 0 Å². The molecule has 0 aliphatic carbocycles. The van der Waals surface area contributed by atoms with Gasteiger partial charge in [0.05, 0.1) is 0 Å². The third kappa shape index (κ3) is 5.25. The maximum Gasteiger partial charge on any atom is 0.167 e. The normalized spacial score (nSPS) is 11.1. The van der Waals surface area contributed by atoms with Crippen LogP contribution >= 0.6 is 0 Å². The second-order valence-electron chi connectivity index (χ2n) is 8.71. The zero-order valence-electron chi connectivity index (χ0n) is 19.7. The maximum absolute atomic E-state index is 15.0. The fourth-order valence-corrected chi connectivity index (χ4v) is 4.27. The van der Waals surface area contributed by atoms with Gasteiger partial charge in [-0.1, -0.05) is 93.1 Å². The Bertz CT molecular complexity index is 1260. The Labute approximate surface area is 200 Å². The van der Waals surface area contributed by atoms with Crippen molar-refractivity contribution >= 4 is 0 Å². The summed E-state index contributed by atoms with van der Waals surface area (Å²) in [4.78, 5) is 0. The first-order valence-electron chi connectivity index (χ1n) is 11.9. The minimum Gasteiger partial charge on any atom is -0.207 e. The van der Waals surface area contributed by atoms with Crippen molar-refractivity contribution in [1.82, 2.24) is 0 Å². The highest BCUT2D eigenvalue weighted by atomic mass is 19.2. The molecule has 0 nitrogen and oxygen atoms in total. The van der Waals surface area contributed by atoms with E-state index in [9.17, 15) is 13.2 Å². The SMILES string of the molecule is CCCc1ccc(CCc2ccc(-c3ccc(-c4ccc(CC)cc4)c(F)c3F)cc2)cc1F. The molecule has 0 N–H and O–H groups in total. The highest BCUT2D eigenvalue weighted by Crippen LogP contribution is 2.32. The highest BCUT2D eigenvalue weighted by molar-refractivity contribution is 5.72. The van der Waals surface area contributed by atoms with Crippen LogP contribution in [0.3, 0.4) is 0 Å². The average Bonchev–Trinajstić information content (AvgIpc) is 2.86. The van der Waals surface area contributed by atoms with Crippen molar-refractivity contribution in [3.63, 3.8) is 0 Å². The molecule has 3 heteroatoms. The van der Waals surface area contributed by atoms with E-state index in [4.69, 9.17) is 0 Å². The Morgan fingerprint density at radius 3 is 1.53 bits per heavy atom. The van der Waals surface area contributed by atoms with Gasteiger partial charge < -0.3 is 0 Å². The largest absolute Gasteiger partial charge is 0.207 e. The van der Waals surface area contributed by atoms with Crippen molar-refractivity contribution in [2.75, 3.05) is 0 Å². The lowest BCUT2D eigenvalue weighted by Gasteiger charge is -2.11. The van der Waals surface area contributed by atoms with Gasteiger partial charge in [0.15, 0.2) is 11.6 Å². The minimum absolute atomic E-state index is 0.142. The highest BCUT2D eigenvalue weighted by Gasteiger charge is 2.16. The molecule has 0 saturated heterocycles. The number of halogens is 3. The standard InChI is InChI=1S/C31H29F3/c1-3-5-26-17-12-23(20-29(26)32)7-6-22-10-15-25(16-11-22)28-19-18-27(30(33)31(28)34)24-13-8-21(4-2)9-14-24/h8-20H,3-7H2,1-2H3. The van der Waals surface area contributed by atoms with Crippen molar-refractivity contribution in [2.45, 2.75) is 46.0 Å². The van der Waals surface area contributed by atoms with Gasteiger partial charge in [0, 0.05) is 11.1 Å². The molecule has 4 aromatic carbocycles. The van der Waals surface area contributed by atoms with Crippen LogP contribution in [0.1, 0.15) is 42.5 Å². The van der Waals surface area contributed by atoms with Crippen molar-refractivity contribution in [2.24, 2.45) is 0 Å². The Morgan fingerprint density at radius 2 is 1.03 bits per heavy atom. The van der Waals surface area contributed by atoms with Crippen LogP contribution in [-0.4, -0.2) is 0 Å². The van der Waals surface area contributed by atoms with Gasteiger partial charge in [-0.15, -0.1) is 0 Å². The Kier molecular flexibility index (Phi) is 7.52. The molecule has 34 heavy (non-hydrogen) atoms. The van der Waals surface area contributed by atoms with Crippen molar-refractivity contribution in [3.05, 3.63) is 119 Å². The predicted octanol–water partition coefficient (Wildman–Crippen LogP) is 8.74. The van der Waals surface area contributed by atoms with Gasteiger partial charge in [0.2, 0.25) is 0 Å². The summed E-state index contributed by atoms with van der Waals surface area (Å²) < 4.78 is 44.0. The van der Waals surface area contributed by atoms with E-state index in [-0.39, 0.29) is 16.9 Å². The Morgan fingerprint density at radius 1 is 0.529 bits per heavy atom. The van der Waals surface area contributed by atoms with Gasteiger partial charge in [-0.3, -0.25) is 0 Å². The average molecular weight is 459 g/mol. The number of hydrogen-bond donors (Lipinski definition) is 0. The summed E-state index contributed by atoms with van der Waals surface area (Å²) in [5.74, 6) is -1.82. The van der Waals surface area contributed by atoms with Gasteiger partial charge >= 0.3 is 0 Å². The van der Waals surface area contributed by atoms with Gasteiger partial charge in [-0.05, 0) is 65.1 Å². The van der Waals surface area contributed by atoms with Crippen LogP contribution in [0.5, 0.6) is 0 Å². The minimum atomic E-state index is -0.840. The Balaban J connectivity index is 1.48. The first kappa shape index (κ1) is 23.8. The predicted molar refractivity (Wildman–Crippen MR) is 134 cm³/mol. The summed E-state index contributed by atoms with van der Waals surface area (Å²) in [7, 11) is 0. The van der Waals surface area contributed by atoms with Crippen LogP contribution in [-0.2, 0) is 25.7 Å². The summed E-state index contributed by atoms with van der Waals surface area (Å²) in [5.41, 5.74) is 5.73. The summed E-state index contributed by atoms with van der Waals surface area (Å²) in [6, 6.07) is 23.8. The molecular weight excluding hydrogens is 429 g/mol. The van der Waals surface area contributed by atoms with Crippen LogP contribution in [0.25, 0.3) is 22.3 Å². The molecule has 0 spiro atoms. The third-order valence-electron chi connectivity index (χ3n) is 6.36. The smallest absolute Gasteiger partial charge is 0.167 e. The second kappa shape index (κ2) is 10.7. The molecule has 0 aromatic heterocycles. The lowest BCUT2D eigenvalue weighted by molar-refractivity contribution is 0.514. The molecule has 0 bridgehead atoms. The zero-order valence-corrected chi connectivity index (χ0v) is 19.7. The fourth-order valence-electron chi connectivity index (χ4n) is 4.27. The maximum atomic E-state index is 15.0. The lowest BCUT2D eigenvalue weighted by atomic mass is 9.96. The molecule has 0 aliphatic heterocycles.